The van der Waals surface area contributed by atoms with Gasteiger partial charge in [-0.2, -0.15) is 5.10 Å². The molecule has 0 atom stereocenters. The first-order valence-electron chi connectivity index (χ1n) is 6.86. The summed E-state index contributed by atoms with van der Waals surface area (Å²) in [6.07, 6.45) is 5.15. The number of aromatic carboxylic acids is 1. The van der Waals surface area contributed by atoms with E-state index in [9.17, 15) is 9.59 Å². The van der Waals surface area contributed by atoms with Gasteiger partial charge in [0.1, 0.15) is 11.4 Å². The van der Waals surface area contributed by atoms with Crippen LogP contribution in [0, 0.1) is 0 Å². The molecule has 23 heavy (non-hydrogen) atoms. The van der Waals surface area contributed by atoms with E-state index in [0.29, 0.717) is 17.1 Å². The van der Waals surface area contributed by atoms with Crippen LogP contribution >= 0.6 is 0 Å². The Morgan fingerprint density at radius 2 is 1.78 bits per heavy atom. The van der Waals surface area contributed by atoms with Gasteiger partial charge in [-0.15, -0.1) is 0 Å². The third-order valence-corrected chi connectivity index (χ3v) is 3.39. The first-order chi connectivity index (χ1) is 11.1. The lowest BCUT2D eigenvalue weighted by atomic mass is 10.2. The Balaban J connectivity index is 1.86. The van der Waals surface area contributed by atoms with Crippen molar-refractivity contribution in [3.05, 3.63) is 66.1 Å². The Morgan fingerprint density at radius 1 is 1.13 bits per heavy atom. The number of amides is 1. The lowest BCUT2D eigenvalue weighted by molar-refractivity contribution is 0.0696. The van der Waals surface area contributed by atoms with Crippen LogP contribution in [0.4, 0.5) is 5.69 Å². The highest BCUT2D eigenvalue weighted by molar-refractivity contribution is 6.06. The molecule has 7 nitrogen and oxygen atoms in total. The number of carboxylic acids is 1. The molecule has 0 bridgehead atoms. The summed E-state index contributed by atoms with van der Waals surface area (Å²) in [7, 11) is 1.76. The average molecular weight is 310 g/mol. The molecular weight excluding hydrogens is 296 g/mol. The molecular formula is C16H14N4O3. The minimum atomic E-state index is -1.01. The molecule has 1 aromatic carbocycles. The minimum absolute atomic E-state index is 0.164. The number of anilines is 1. The van der Waals surface area contributed by atoms with E-state index >= 15 is 0 Å². The number of benzene rings is 1. The SMILES string of the molecule is Cn1ncc(C(=O)Nc2ccc(C(=O)O)cc2)c1-n1cccc1. The molecule has 0 saturated heterocycles. The minimum Gasteiger partial charge on any atom is -0.478 e. The standard InChI is InChI=1S/C16H14N4O3/c1-19-15(20-8-2-3-9-20)13(10-17-19)14(21)18-12-6-4-11(5-7-12)16(22)23/h2-10H,1H3,(H,18,21)(H,22,23). The highest BCUT2D eigenvalue weighted by Crippen LogP contribution is 2.17. The molecule has 0 aliphatic heterocycles. The maximum atomic E-state index is 12.5. The van der Waals surface area contributed by atoms with Crippen LogP contribution in [0.25, 0.3) is 5.82 Å². The lowest BCUT2D eigenvalue weighted by Crippen LogP contribution is -2.15. The number of carbonyl (C=O) groups is 2. The van der Waals surface area contributed by atoms with Gasteiger partial charge in [-0.1, -0.05) is 0 Å². The van der Waals surface area contributed by atoms with Crippen LogP contribution in [0.5, 0.6) is 0 Å². The predicted octanol–water partition coefficient (Wildman–Crippen LogP) is 2.16. The molecule has 0 fully saturated rings. The molecule has 3 aromatic rings. The number of hydrogen-bond acceptors (Lipinski definition) is 3. The Morgan fingerprint density at radius 3 is 2.39 bits per heavy atom. The van der Waals surface area contributed by atoms with Gasteiger partial charge in [-0.3, -0.25) is 9.48 Å². The van der Waals surface area contributed by atoms with Gasteiger partial charge in [0, 0.05) is 25.1 Å². The summed E-state index contributed by atoms with van der Waals surface area (Å²) in [6.45, 7) is 0. The summed E-state index contributed by atoms with van der Waals surface area (Å²) in [4.78, 5) is 23.3. The van der Waals surface area contributed by atoms with Crippen LogP contribution < -0.4 is 5.32 Å². The van der Waals surface area contributed by atoms with Gasteiger partial charge in [0.15, 0.2) is 0 Å². The zero-order valence-electron chi connectivity index (χ0n) is 12.3. The summed E-state index contributed by atoms with van der Waals surface area (Å²) in [6, 6.07) is 9.70. The van der Waals surface area contributed by atoms with Crippen LogP contribution in [0.15, 0.2) is 55.0 Å². The molecule has 1 amide bonds. The smallest absolute Gasteiger partial charge is 0.335 e. The fourth-order valence-electron chi connectivity index (χ4n) is 2.27. The normalized spacial score (nSPS) is 10.5. The second kappa shape index (κ2) is 5.80. The third kappa shape index (κ3) is 2.84. The van der Waals surface area contributed by atoms with E-state index in [1.165, 1.54) is 18.3 Å². The number of rotatable bonds is 4. The molecule has 0 unspecified atom stereocenters. The number of carboxylic acid groups (broad SMARTS) is 1. The average Bonchev–Trinajstić information content (AvgIpc) is 3.16. The van der Waals surface area contributed by atoms with E-state index in [2.05, 4.69) is 10.4 Å². The van der Waals surface area contributed by atoms with E-state index in [1.54, 1.807) is 28.4 Å². The first-order valence-corrected chi connectivity index (χ1v) is 6.86. The van der Waals surface area contributed by atoms with Crippen molar-refractivity contribution in [1.29, 1.82) is 0 Å². The van der Waals surface area contributed by atoms with Gasteiger partial charge in [0.05, 0.1) is 11.8 Å². The molecule has 0 aliphatic carbocycles. The number of nitrogens with zero attached hydrogens (tertiary/aromatic N) is 3. The summed E-state index contributed by atoms with van der Waals surface area (Å²) < 4.78 is 3.41. The lowest BCUT2D eigenvalue weighted by Gasteiger charge is -2.08. The largest absolute Gasteiger partial charge is 0.478 e. The van der Waals surface area contributed by atoms with Crippen molar-refractivity contribution in [2.24, 2.45) is 7.05 Å². The van der Waals surface area contributed by atoms with Crippen molar-refractivity contribution < 1.29 is 14.7 Å². The van der Waals surface area contributed by atoms with Crippen LogP contribution in [-0.2, 0) is 7.05 Å². The first kappa shape index (κ1) is 14.6. The highest BCUT2D eigenvalue weighted by Gasteiger charge is 2.17. The van der Waals surface area contributed by atoms with Crippen molar-refractivity contribution in [1.82, 2.24) is 14.3 Å². The van der Waals surface area contributed by atoms with Gasteiger partial charge in [0.2, 0.25) is 0 Å². The van der Waals surface area contributed by atoms with Crippen LogP contribution in [0.1, 0.15) is 20.7 Å². The molecule has 2 aromatic heterocycles. The van der Waals surface area contributed by atoms with Gasteiger partial charge < -0.3 is 15.0 Å². The van der Waals surface area contributed by atoms with E-state index < -0.39 is 5.97 Å². The van der Waals surface area contributed by atoms with Crippen molar-refractivity contribution >= 4 is 17.6 Å². The van der Waals surface area contributed by atoms with E-state index in [-0.39, 0.29) is 11.5 Å². The molecule has 0 saturated carbocycles. The quantitative estimate of drug-likeness (QED) is 0.773. The molecule has 116 valence electrons. The molecule has 0 spiro atoms. The summed E-state index contributed by atoms with van der Waals surface area (Å²) in [5.41, 5.74) is 1.10. The van der Waals surface area contributed by atoms with Crippen molar-refractivity contribution in [3.8, 4) is 5.82 Å². The number of aromatic nitrogens is 3. The van der Waals surface area contributed by atoms with E-state index in [1.807, 2.05) is 24.5 Å². The van der Waals surface area contributed by atoms with Gasteiger partial charge in [-0.05, 0) is 36.4 Å². The molecule has 2 N–H and O–H groups in total. The maximum absolute atomic E-state index is 12.5. The zero-order valence-corrected chi connectivity index (χ0v) is 12.3. The Labute approximate surface area is 131 Å². The molecule has 7 heteroatoms. The monoisotopic (exact) mass is 310 g/mol. The molecule has 0 aliphatic rings. The van der Waals surface area contributed by atoms with Crippen LogP contribution in [-0.4, -0.2) is 31.3 Å². The Bertz CT molecular complexity index is 848. The van der Waals surface area contributed by atoms with Gasteiger partial charge in [-0.25, -0.2) is 4.79 Å². The van der Waals surface area contributed by atoms with Crippen molar-refractivity contribution in [3.63, 3.8) is 0 Å². The molecule has 3 rings (SSSR count). The fourth-order valence-corrected chi connectivity index (χ4v) is 2.27. The highest BCUT2D eigenvalue weighted by atomic mass is 16.4. The number of aryl methyl sites for hydroxylation is 1. The summed E-state index contributed by atoms with van der Waals surface area (Å²) >= 11 is 0. The number of nitrogens with one attached hydrogen (secondary N) is 1. The summed E-state index contributed by atoms with van der Waals surface area (Å²) in [5.74, 6) is -0.676. The van der Waals surface area contributed by atoms with Gasteiger partial charge in [0.25, 0.3) is 5.91 Å². The van der Waals surface area contributed by atoms with Crippen molar-refractivity contribution in [2.45, 2.75) is 0 Å². The summed E-state index contributed by atoms with van der Waals surface area (Å²) in [5, 5.41) is 15.8. The molecule has 0 radical (unpaired) electrons. The van der Waals surface area contributed by atoms with Gasteiger partial charge >= 0.3 is 5.97 Å². The topological polar surface area (TPSA) is 89.2 Å². The van der Waals surface area contributed by atoms with E-state index in [0.717, 1.165) is 0 Å². The number of carbonyl (C=O) groups excluding carboxylic acids is 1. The van der Waals surface area contributed by atoms with Crippen LogP contribution in [0.2, 0.25) is 0 Å². The zero-order chi connectivity index (χ0) is 16.4. The Kier molecular flexibility index (Phi) is 3.68. The molecule has 2 heterocycles. The Hall–Kier alpha value is -3.35. The van der Waals surface area contributed by atoms with E-state index in [4.69, 9.17) is 5.11 Å². The predicted molar refractivity (Wildman–Crippen MR) is 83.9 cm³/mol. The van der Waals surface area contributed by atoms with Crippen LogP contribution in [0.3, 0.4) is 0 Å². The third-order valence-electron chi connectivity index (χ3n) is 3.39. The maximum Gasteiger partial charge on any atom is 0.335 e. The second-order valence-corrected chi connectivity index (χ2v) is 4.93. The second-order valence-electron chi connectivity index (χ2n) is 4.93. The fraction of sp³-hybridized carbons (Fsp3) is 0.0625. The van der Waals surface area contributed by atoms with Crippen molar-refractivity contribution in [2.75, 3.05) is 5.32 Å². The number of hydrogen-bond donors (Lipinski definition) is 2.